The number of aromatic nitrogens is 1. The van der Waals surface area contributed by atoms with Crippen molar-refractivity contribution in [1.82, 2.24) is 4.98 Å². The van der Waals surface area contributed by atoms with Crippen LogP contribution in [0.2, 0.25) is 0 Å². The number of carbonyl (C=O) groups is 1. The molecule has 6 nitrogen and oxygen atoms in total. The van der Waals surface area contributed by atoms with Gasteiger partial charge in [0.1, 0.15) is 17.2 Å². The predicted molar refractivity (Wildman–Crippen MR) is 65.2 cm³/mol. The lowest BCUT2D eigenvalue weighted by molar-refractivity contribution is -0.387. The standard InChI is InChI=1S/C12H6F3N3O3/c13-6-4-5-7(18(20)21)11(15)10(6)12(19)17-9-3-1-2-8(14)16-9/h1-5H,(H,16,17,19). The summed E-state index contributed by atoms with van der Waals surface area (Å²) in [6.07, 6.45) is 0. The van der Waals surface area contributed by atoms with Crippen molar-refractivity contribution in [2.45, 2.75) is 0 Å². The smallest absolute Gasteiger partial charge is 0.305 e. The van der Waals surface area contributed by atoms with E-state index in [1.165, 1.54) is 12.1 Å². The van der Waals surface area contributed by atoms with Gasteiger partial charge in [0.15, 0.2) is 0 Å². The normalized spacial score (nSPS) is 10.2. The zero-order valence-electron chi connectivity index (χ0n) is 10.1. The molecule has 1 aromatic carbocycles. The largest absolute Gasteiger partial charge is 0.306 e. The average Bonchev–Trinajstić information content (AvgIpc) is 2.38. The molecule has 1 amide bonds. The van der Waals surface area contributed by atoms with Crippen molar-refractivity contribution in [1.29, 1.82) is 0 Å². The summed E-state index contributed by atoms with van der Waals surface area (Å²) in [6, 6.07) is 4.60. The van der Waals surface area contributed by atoms with Crippen LogP contribution in [0.5, 0.6) is 0 Å². The van der Waals surface area contributed by atoms with E-state index in [1.54, 1.807) is 0 Å². The van der Waals surface area contributed by atoms with Crippen LogP contribution in [0.3, 0.4) is 0 Å². The Bertz CT molecular complexity index is 737. The number of amides is 1. The van der Waals surface area contributed by atoms with E-state index in [0.29, 0.717) is 12.1 Å². The monoisotopic (exact) mass is 297 g/mol. The Morgan fingerprint density at radius 1 is 1.19 bits per heavy atom. The minimum atomic E-state index is -1.62. The Morgan fingerprint density at radius 2 is 1.90 bits per heavy atom. The molecular weight excluding hydrogens is 291 g/mol. The van der Waals surface area contributed by atoms with Crippen LogP contribution in [0.4, 0.5) is 24.7 Å². The molecule has 21 heavy (non-hydrogen) atoms. The number of anilines is 1. The first-order valence-corrected chi connectivity index (χ1v) is 5.46. The molecule has 0 spiro atoms. The van der Waals surface area contributed by atoms with Gasteiger partial charge in [-0.25, -0.2) is 9.37 Å². The molecule has 0 aliphatic heterocycles. The van der Waals surface area contributed by atoms with Crippen molar-refractivity contribution in [2.75, 3.05) is 5.32 Å². The number of carbonyl (C=O) groups excluding carboxylic acids is 1. The van der Waals surface area contributed by atoms with E-state index in [0.717, 1.165) is 6.07 Å². The van der Waals surface area contributed by atoms with Crippen LogP contribution in [0.25, 0.3) is 0 Å². The lowest BCUT2D eigenvalue weighted by atomic mass is 10.1. The maximum atomic E-state index is 13.8. The second kappa shape index (κ2) is 5.57. The summed E-state index contributed by atoms with van der Waals surface area (Å²) >= 11 is 0. The van der Waals surface area contributed by atoms with Crippen LogP contribution in [-0.4, -0.2) is 15.8 Å². The molecule has 0 fully saturated rings. The first-order valence-electron chi connectivity index (χ1n) is 5.46. The number of halogens is 3. The van der Waals surface area contributed by atoms with Gasteiger partial charge in [-0.1, -0.05) is 6.07 Å². The van der Waals surface area contributed by atoms with Crippen molar-refractivity contribution in [3.8, 4) is 0 Å². The van der Waals surface area contributed by atoms with E-state index in [9.17, 15) is 28.1 Å². The van der Waals surface area contributed by atoms with Crippen LogP contribution in [0.15, 0.2) is 30.3 Å². The van der Waals surface area contributed by atoms with Crippen molar-refractivity contribution in [3.05, 3.63) is 63.6 Å². The highest BCUT2D eigenvalue weighted by Crippen LogP contribution is 2.23. The van der Waals surface area contributed by atoms with E-state index in [2.05, 4.69) is 4.98 Å². The van der Waals surface area contributed by atoms with E-state index >= 15 is 0 Å². The number of pyridine rings is 1. The van der Waals surface area contributed by atoms with E-state index in [4.69, 9.17) is 0 Å². The molecule has 2 aromatic rings. The van der Waals surface area contributed by atoms with Crippen molar-refractivity contribution < 1.29 is 22.9 Å². The second-order valence-electron chi connectivity index (χ2n) is 3.81. The third-order valence-electron chi connectivity index (χ3n) is 2.45. The molecule has 108 valence electrons. The summed E-state index contributed by atoms with van der Waals surface area (Å²) in [5, 5.41) is 12.5. The average molecular weight is 297 g/mol. The zero-order valence-corrected chi connectivity index (χ0v) is 10.1. The van der Waals surface area contributed by atoms with Gasteiger partial charge in [-0.05, 0) is 18.2 Å². The quantitative estimate of drug-likeness (QED) is 0.536. The van der Waals surface area contributed by atoms with Crippen LogP contribution in [-0.2, 0) is 0 Å². The van der Waals surface area contributed by atoms with Crippen LogP contribution >= 0.6 is 0 Å². The number of rotatable bonds is 3. The zero-order chi connectivity index (χ0) is 15.6. The Hall–Kier alpha value is -2.97. The molecule has 0 unspecified atom stereocenters. The Balaban J connectivity index is 2.39. The minimum Gasteiger partial charge on any atom is -0.306 e. The van der Waals surface area contributed by atoms with Crippen molar-refractivity contribution in [3.63, 3.8) is 0 Å². The highest BCUT2D eigenvalue weighted by molar-refractivity contribution is 6.04. The first kappa shape index (κ1) is 14.4. The first-order chi connectivity index (χ1) is 9.90. The van der Waals surface area contributed by atoms with Crippen LogP contribution < -0.4 is 5.32 Å². The summed E-state index contributed by atoms with van der Waals surface area (Å²) in [7, 11) is 0. The summed E-state index contributed by atoms with van der Waals surface area (Å²) in [5.41, 5.74) is -2.19. The van der Waals surface area contributed by atoms with Gasteiger partial charge in [0.2, 0.25) is 11.8 Å². The number of nitro groups is 1. The molecule has 9 heteroatoms. The van der Waals surface area contributed by atoms with Gasteiger partial charge in [-0.2, -0.15) is 8.78 Å². The fraction of sp³-hybridized carbons (Fsp3) is 0. The molecule has 2 rings (SSSR count). The third kappa shape index (κ3) is 2.96. The number of benzene rings is 1. The number of nitrogens with one attached hydrogen (secondary N) is 1. The summed E-state index contributed by atoms with van der Waals surface area (Å²) in [5.74, 6) is -5.41. The molecule has 0 aliphatic rings. The topological polar surface area (TPSA) is 85.1 Å². The molecule has 0 saturated carbocycles. The molecule has 0 radical (unpaired) electrons. The lowest BCUT2D eigenvalue weighted by Crippen LogP contribution is -2.17. The van der Waals surface area contributed by atoms with E-state index < -0.39 is 39.7 Å². The van der Waals surface area contributed by atoms with Crippen molar-refractivity contribution >= 4 is 17.4 Å². The van der Waals surface area contributed by atoms with Gasteiger partial charge in [0, 0.05) is 6.07 Å². The molecule has 0 atom stereocenters. The minimum absolute atomic E-state index is 0.287. The maximum Gasteiger partial charge on any atom is 0.305 e. The SMILES string of the molecule is O=C(Nc1cccc(F)n1)c1c(F)ccc([N+](=O)[O-])c1F. The number of hydrogen-bond acceptors (Lipinski definition) is 4. The number of nitrogens with zero attached hydrogens (tertiary/aromatic N) is 2. The van der Waals surface area contributed by atoms with Crippen LogP contribution in [0, 0.1) is 27.7 Å². The molecule has 0 bridgehead atoms. The highest BCUT2D eigenvalue weighted by atomic mass is 19.1. The Morgan fingerprint density at radius 3 is 2.52 bits per heavy atom. The van der Waals surface area contributed by atoms with E-state index in [1.807, 2.05) is 5.32 Å². The Kier molecular flexibility index (Phi) is 3.83. The third-order valence-corrected chi connectivity index (χ3v) is 2.45. The summed E-state index contributed by atoms with van der Waals surface area (Å²) in [6.45, 7) is 0. The molecule has 0 saturated heterocycles. The van der Waals surface area contributed by atoms with Gasteiger partial charge >= 0.3 is 5.69 Å². The van der Waals surface area contributed by atoms with Gasteiger partial charge < -0.3 is 5.32 Å². The Labute approximate surface area is 115 Å². The van der Waals surface area contributed by atoms with E-state index in [-0.39, 0.29) is 5.82 Å². The molecule has 1 aromatic heterocycles. The van der Waals surface area contributed by atoms with Gasteiger partial charge in [-0.15, -0.1) is 0 Å². The highest BCUT2D eigenvalue weighted by Gasteiger charge is 2.26. The number of hydrogen-bond donors (Lipinski definition) is 1. The van der Waals surface area contributed by atoms with Crippen LogP contribution in [0.1, 0.15) is 10.4 Å². The summed E-state index contributed by atoms with van der Waals surface area (Å²) < 4.78 is 40.1. The predicted octanol–water partition coefficient (Wildman–Crippen LogP) is 2.66. The maximum absolute atomic E-state index is 13.8. The molecular formula is C12H6F3N3O3. The molecule has 1 heterocycles. The number of nitro benzene ring substituents is 1. The van der Waals surface area contributed by atoms with Gasteiger partial charge in [0.05, 0.1) is 4.92 Å². The summed E-state index contributed by atoms with van der Waals surface area (Å²) in [4.78, 5) is 24.5. The molecule has 0 aliphatic carbocycles. The fourth-order valence-corrected chi connectivity index (χ4v) is 1.55. The van der Waals surface area contributed by atoms with Gasteiger partial charge in [0.25, 0.3) is 5.91 Å². The molecule has 1 N–H and O–H groups in total. The van der Waals surface area contributed by atoms with Crippen molar-refractivity contribution in [2.24, 2.45) is 0 Å². The lowest BCUT2D eigenvalue weighted by Gasteiger charge is -2.06. The second-order valence-corrected chi connectivity index (χ2v) is 3.81. The fourth-order valence-electron chi connectivity index (χ4n) is 1.55. The van der Waals surface area contributed by atoms with Gasteiger partial charge in [-0.3, -0.25) is 14.9 Å².